The molecule has 0 amide bonds. The van der Waals surface area contributed by atoms with Gasteiger partial charge in [0.25, 0.3) is 0 Å². The van der Waals surface area contributed by atoms with Crippen LogP contribution in [-0.2, 0) is 6.42 Å². The molecule has 1 nitrogen and oxygen atoms in total. The summed E-state index contributed by atoms with van der Waals surface area (Å²) < 4.78 is 13.9. The molecule has 0 N–H and O–H groups in total. The number of aryl methyl sites for hydroxylation is 1. The molecule has 0 fully saturated rings. The Morgan fingerprint density at radius 2 is 2.23 bits per heavy atom. The molecule has 0 atom stereocenters. The Bertz CT molecular complexity index is 355. The molecule has 0 aliphatic carbocycles. The first-order chi connectivity index (χ1) is 6.16. The minimum Gasteiger partial charge on any atom is -0.205 e. The second-order valence-corrected chi connectivity index (χ2v) is 3.67. The molecule has 1 aromatic rings. The summed E-state index contributed by atoms with van der Waals surface area (Å²) in [6.07, 6.45) is 0.835. The Morgan fingerprint density at radius 3 is 2.85 bits per heavy atom. The zero-order chi connectivity index (χ0) is 9.84. The number of hydrogen-bond donors (Lipinski definition) is 0. The van der Waals surface area contributed by atoms with Crippen LogP contribution in [0.15, 0.2) is 16.6 Å². The second-order valence-electron chi connectivity index (χ2n) is 2.81. The number of nitriles is 1. The Balaban J connectivity index is 3.04. The van der Waals surface area contributed by atoms with Crippen LogP contribution in [0.4, 0.5) is 4.39 Å². The van der Waals surface area contributed by atoms with Gasteiger partial charge in [0, 0.05) is 6.42 Å². The summed E-state index contributed by atoms with van der Waals surface area (Å²) in [7, 11) is 0. The number of hydrogen-bond acceptors (Lipinski definition) is 1. The van der Waals surface area contributed by atoms with E-state index in [4.69, 9.17) is 5.26 Å². The molecule has 13 heavy (non-hydrogen) atoms. The van der Waals surface area contributed by atoms with Crippen molar-refractivity contribution in [3.8, 4) is 6.07 Å². The summed E-state index contributed by atoms with van der Waals surface area (Å²) in [6.45, 7) is 1.85. The molecule has 3 heteroatoms. The van der Waals surface area contributed by atoms with Crippen LogP contribution >= 0.6 is 15.9 Å². The third-order valence-electron chi connectivity index (χ3n) is 1.92. The van der Waals surface area contributed by atoms with E-state index < -0.39 is 0 Å². The van der Waals surface area contributed by atoms with Crippen LogP contribution in [0.25, 0.3) is 0 Å². The van der Waals surface area contributed by atoms with E-state index in [0.717, 1.165) is 5.56 Å². The van der Waals surface area contributed by atoms with Gasteiger partial charge in [-0.25, -0.2) is 4.39 Å². The van der Waals surface area contributed by atoms with Crippen LogP contribution in [0.1, 0.15) is 17.5 Å². The normalized spacial score (nSPS) is 9.69. The van der Waals surface area contributed by atoms with E-state index in [1.807, 2.05) is 19.1 Å². The third kappa shape index (κ3) is 2.28. The fraction of sp³-hybridized carbons (Fsp3) is 0.300. The van der Waals surface area contributed by atoms with Gasteiger partial charge in [-0.3, -0.25) is 0 Å². The summed E-state index contributed by atoms with van der Waals surface area (Å²) in [4.78, 5) is 0. The van der Waals surface area contributed by atoms with Crippen molar-refractivity contribution >= 4 is 15.9 Å². The summed E-state index contributed by atoms with van der Waals surface area (Å²) in [6, 6.07) is 5.54. The summed E-state index contributed by atoms with van der Waals surface area (Å²) in [5.41, 5.74) is 1.53. The topological polar surface area (TPSA) is 23.8 Å². The second kappa shape index (κ2) is 4.38. The largest absolute Gasteiger partial charge is 0.205 e. The van der Waals surface area contributed by atoms with Crippen molar-refractivity contribution < 1.29 is 4.39 Å². The van der Waals surface area contributed by atoms with Crippen LogP contribution in [-0.4, -0.2) is 0 Å². The Kier molecular flexibility index (Phi) is 3.44. The zero-order valence-corrected chi connectivity index (χ0v) is 8.86. The van der Waals surface area contributed by atoms with Crippen LogP contribution in [0, 0.1) is 24.1 Å². The van der Waals surface area contributed by atoms with Gasteiger partial charge in [-0.2, -0.15) is 5.26 Å². The molecule has 0 radical (unpaired) electrons. The Hall–Kier alpha value is -0.880. The molecule has 0 heterocycles. The molecule has 0 spiro atoms. The van der Waals surface area contributed by atoms with E-state index in [2.05, 4.69) is 15.9 Å². The van der Waals surface area contributed by atoms with E-state index >= 15 is 0 Å². The predicted octanol–water partition coefficient (Wildman–Crippen LogP) is 3.35. The van der Waals surface area contributed by atoms with Gasteiger partial charge < -0.3 is 0 Å². The number of halogens is 2. The van der Waals surface area contributed by atoms with Crippen molar-refractivity contribution in [2.45, 2.75) is 19.8 Å². The molecule has 0 saturated heterocycles. The van der Waals surface area contributed by atoms with Crippen molar-refractivity contribution in [1.82, 2.24) is 0 Å². The van der Waals surface area contributed by atoms with Gasteiger partial charge in [0.1, 0.15) is 5.82 Å². The maximum atomic E-state index is 13.4. The van der Waals surface area contributed by atoms with Gasteiger partial charge in [-0.15, -0.1) is 0 Å². The lowest BCUT2D eigenvalue weighted by molar-refractivity contribution is 0.601. The SMILES string of the molecule is Cc1ccc(Br)c(F)c1CCC#N. The average molecular weight is 242 g/mol. The van der Waals surface area contributed by atoms with Crippen molar-refractivity contribution in [1.29, 1.82) is 5.26 Å². The zero-order valence-electron chi connectivity index (χ0n) is 7.27. The third-order valence-corrected chi connectivity index (χ3v) is 2.53. The smallest absolute Gasteiger partial charge is 0.140 e. The van der Waals surface area contributed by atoms with Crippen LogP contribution in [0.3, 0.4) is 0 Å². The first-order valence-corrected chi connectivity index (χ1v) is 4.76. The summed E-state index contributed by atoms with van der Waals surface area (Å²) in [5.74, 6) is -0.241. The van der Waals surface area contributed by atoms with Gasteiger partial charge >= 0.3 is 0 Å². The molecule has 0 aliphatic heterocycles. The molecule has 68 valence electrons. The first kappa shape index (κ1) is 10.2. The lowest BCUT2D eigenvalue weighted by Crippen LogP contribution is -1.95. The van der Waals surface area contributed by atoms with Crippen molar-refractivity contribution in [2.75, 3.05) is 0 Å². The molecular weight excluding hydrogens is 233 g/mol. The highest BCUT2D eigenvalue weighted by atomic mass is 79.9. The fourth-order valence-electron chi connectivity index (χ4n) is 1.18. The van der Waals surface area contributed by atoms with Gasteiger partial charge in [0.15, 0.2) is 0 Å². The molecule has 0 bridgehead atoms. The predicted molar refractivity (Wildman–Crippen MR) is 52.8 cm³/mol. The highest BCUT2D eigenvalue weighted by molar-refractivity contribution is 9.10. The monoisotopic (exact) mass is 241 g/mol. The number of nitrogens with zero attached hydrogens (tertiary/aromatic N) is 1. The first-order valence-electron chi connectivity index (χ1n) is 3.97. The maximum Gasteiger partial charge on any atom is 0.140 e. The van der Waals surface area contributed by atoms with E-state index in [0.29, 0.717) is 22.9 Å². The van der Waals surface area contributed by atoms with Gasteiger partial charge in [-0.05, 0) is 46.5 Å². The highest BCUT2D eigenvalue weighted by Gasteiger charge is 2.08. The molecule has 1 aromatic carbocycles. The summed E-state index contributed by atoms with van der Waals surface area (Å²) in [5, 5.41) is 8.39. The number of rotatable bonds is 2. The quantitative estimate of drug-likeness (QED) is 0.780. The van der Waals surface area contributed by atoms with E-state index in [9.17, 15) is 4.39 Å². The molecule has 0 aromatic heterocycles. The lowest BCUT2D eigenvalue weighted by atomic mass is 10.0. The Morgan fingerprint density at radius 1 is 1.54 bits per heavy atom. The molecule has 0 saturated carbocycles. The maximum absolute atomic E-state index is 13.4. The highest BCUT2D eigenvalue weighted by Crippen LogP contribution is 2.22. The Labute approximate surface area is 85.3 Å². The van der Waals surface area contributed by atoms with Crippen LogP contribution in [0.5, 0.6) is 0 Å². The van der Waals surface area contributed by atoms with Crippen LogP contribution in [0.2, 0.25) is 0 Å². The van der Waals surface area contributed by atoms with Gasteiger partial charge in [-0.1, -0.05) is 6.07 Å². The average Bonchev–Trinajstić information content (AvgIpc) is 2.12. The van der Waals surface area contributed by atoms with Crippen LogP contribution < -0.4 is 0 Å². The minimum absolute atomic E-state index is 0.241. The van der Waals surface area contributed by atoms with Gasteiger partial charge in [0.05, 0.1) is 10.5 Å². The molecule has 0 unspecified atom stereocenters. The molecular formula is C10H9BrFN. The van der Waals surface area contributed by atoms with Crippen molar-refractivity contribution in [2.24, 2.45) is 0 Å². The minimum atomic E-state index is -0.241. The molecule has 0 aliphatic rings. The van der Waals surface area contributed by atoms with Gasteiger partial charge in [0.2, 0.25) is 0 Å². The summed E-state index contributed by atoms with van der Waals surface area (Å²) >= 11 is 3.11. The van der Waals surface area contributed by atoms with E-state index in [1.165, 1.54) is 0 Å². The molecule has 1 rings (SSSR count). The van der Waals surface area contributed by atoms with E-state index in [-0.39, 0.29) is 5.82 Å². The number of benzene rings is 1. The standard InChI is InChI=1S/C10H9BrFN/c1-7-4-5-9(11)10(12)8(7)3-2-6-13/h4-5H,2-3H2,1H3. The van der Waals surface area contributed by atoms with Crippen molar-refractivity contribution in [3.05, 3.63) is 33.5 Å². The fourth-order valence-corrected chi connectivity index (χ4v) is 1.55. The van der Waals surface area contributed by atoms with E-state index in [1.54, 1.807) is 6.07 Å². The lowest BCUT2D eigenvalue weighted by Gasteiger charge is -2.06. The van der Waals surface area contributed by atoms with Crippen molar-refractivity contribution in [3.63, 3.8) is 0 Å².